The summed E-state index contributed by atoms with van der Waals surface area (Å²) in [6.07, 6.45) is 9.67. The van der Waals surface area contributed by atoms with Gasteiger partial charge in [-0.1, -0.05) is 13.0 Å². The maximum atomic E-state index is 12.7. The van der Waals surface area contributed by atoms with E-state index in [2.05, 4.69) is 22.6 Å². The molecule has 3 aliphatic rings. The summed E-state index contributed by atoms with van der Waals surface area (Å²) in [6.45, 7) is 5.52. The van der Waals surface area contributed by atoms with Crippen molar-refractivity contribution in [3.63, 3.8) is 0 Å². The van der Waals surface area contributed by atoms with Gasteiger partial charge >= 0.3 is 0 Å². The summed E-state index contributed by atoms with van der Waals surface area (Å²) in [4.78, 5) is 2.34. The molecular formula is C21H32N2O2S. The maximum Gasteiger partial charge on any atom is 0.214 e. The van der Waals surface area contributed by atoms with Crippen molar-refractivity contribution in [1.29, 1.82) is 0 Å². The zero-order valence-electron chi connectivity index (χ0n) is 16.0. The van der Waals surface area contributed by atoms with E-state index in [1.54, 1.807) is 11.1 Å². The van der Waals surface area contributed by atoms with Gasteiger partial charge < -0.3 is 4.90 Å². The van der Waals surface area contributed by atoms with Gasteiger partial charge in [0, 0.05) is 6.54 Å². The quantitative estimate of drug-likeness (QED) is 0.830. The number of hydrogen-bond acceptors (Lipinski definition) is 3. The van der Waals surface area contributed by atoms with Gasteiger partial charge in [-0.15, -0.1) is 0 Å². The average Bonchev–Trinajstić information content (AvgIpc) is 3.30. The molecule has 0 amide bonds. The topological polar surface area (TPSA) is 49.4 Å². The molecule has 2 aliphatic carbocycles. The molecule has 0 atom stereocenters. The monoisotopic (exact) mass is 376 g/mol. The molecule has 4 rings (SSSR count). The molecule has 1 aliphatic heterocycles. The first-order chi connectivity index (χ1) is 12.6. The third-order valence-electron chi connectivity index (χ3n) is 6.70. The number of nitrogens with one attached hydrogen (secondary N) is 1. The highest BCUT2D eigenvalue weighted by molar-refractivity contribution is 7.90. The number of aryl methyl sites for hydroxylation is 2. The largest absolute Gasteiger partial charge is 0.304 e. The lowest BCUT2D eigenvalue weighted by Gasteiger charge is -2.30. The highest BCUT2D eigenvalue weighted by Gasteiger charge is 2.29. The first kappa shape index (κ1) is 18.5. The molecule has 1 aromatic rings. The minimum atomic E-state index is -3.19. The van der Waals surface area contributed by atoms with Crippen molar-refractivity contribution in [2.45, 2.75) is 70.0 Å². The second-order valence-corrected chi connectivity index (χ2v) is 10.2. The fourth-order valence-corrected chi connectivity index (χ4v) is 6.66. The van der Waals surface area contributed by atoms with E-state index in [1.165, 1.54) is 55.2 Å². The van der Waals surface area contributed by atoms with Crippen molar-refractivity contribution < 1.29 is 8.42 Å². The Labute approximate surface area is 158 Å². The number of piperidine rings is 1. The Bertz CT molecular complexity index is 732. The fourth-order valence-electron chi connectivity index (χ4n) is 5.21. The Morgan fingerprint density at radius 3 is 2.23 bits per heavy atom. The van der Waals surface area contributed by atoms with E-state index in [0.29, 0.717) is 6.54 Å². The SMILES string of the molecule is CCN1CCC(S(=O)(=O)NCCc2c3c(cc4c2CCC4)CCC3)CC1. The normalized spacial score (nSPS) is 21.1. The van der Waals surface area contributed by atoms with Crippen LogP contribution in [0.4, 0.5) is 0 Å². The number of hydrogen-bond donors (Lipinski definition) is 1. The van der Waals surface area contributed by atoms with Crippen molar-refractivity contribution in [1.82, 2.24) is 9.62 Å². The molecule has 0 radical (unpaired) electrons. The maximum absolute atomic E-state index is 12.7. The van der Waals surface area contributed by atoms with Gasteiger partial charge in [-0.05, 0) is 105 Å². The summed E-state index contributed by atoms with van der Waals surface area (Å²) < 4.78 is 28.4. The Hall–Kier alpha value is -0.910. The van der Waals surface area contributed by atoms with E-state index < -0.39 is 10.0 Å². The van der Waals surface area contributed by atoms with Gasteiger partial charge in [0.15, 0.2) is 0 Å². The zero-order valence-corrected chi connectivity index (χ0v) is 16.8. The number of rotatable bonds is 6. The van der Waals surface area contributed by atoms with E-state index in [-0.39, 0.29) is 5.25 Å². The fraction of sp³-hybridized carbons (Fsp3) is 0.714. The van der Waals surface area contributed by atoms with Crippen molar-refractivity contribution in [3.8, 4) is 0 Å². The van der Waals surface area contributed by atoms with Crippen molar-refractivity contribution in [3.05, 3.63) is 33.9 Å². The summed E-state index contributed by atoms with van der Waals surface area (Å²) in [7, 11) is -3.19. The van der Waals surface area contributed by atoms with Gasteiger partial charge in [0.2, 0.25) is 10.0 Å². The number of nitrogens with zero attached hydrogens (tertiary/aromatic N) is 1. The van der Waals surface area contributed by atoms with E-state index in [0.717, 1.165) is 38.9 Å². The Kier molecular flexibility index (Phi) is 5.40. The van der Waals surface area contributed by atoms with Crippen LogP contribution in [0.15, 0.2) is 6.07 Å². The summed E-state index contributed by atoms with van der Waals surface area (Å²) in [5, 5.41) is -0.211. The number of likely N-dealkylation sites (tertiary alicyclic amines) is 1. The molecule has 0 spiro atoms. The van der Waals surface area contributed by atoms with Crippen molar-refractivity contribution in [2.75, 3.05) is 26.2 Å². The lowest BCUT2D eigenvalue weighted by Crippen LogP contribution is -2.43. The van der Waals surface area contributed by atoms with Gasteiger partial charge in [-0.25, -0.2) is 13.1 Å². The van der Waals surface area contributed by atoms with Crippen molar-refractivity contribution >= 4 is 10.0 Å². The van der Waals surface area contributed by atoms with E-state index in [9.17, 15) is 8.42 Å². The predicted octanol–water partition coefficient (Wildman–Crippen LogP) is 2.61. The van der Waals surface area contributed by atoms with Gasteiger partial charge in [0.1, 0.15) is 0 Å². The van der Waals surface area contributed by atoms with Crippen LogP contribution < -0.4 is 4.72 Å². The second kappa shape index (κ2) is 7.61. The molecular weight excluding hydrogens is 344 g/mol. The first-order valence-corrected chi connectivity index (χ1v) is 12.0. The molecule has 1 fully saturated rings. The van der Waals surface area contributed by atoms with E-state index >= 15 is 0 Å². The number of sulfonamides is 1. The molecule has 4 nitrogen and oxygen atoms in total. The van der Waals surface area contributed by atoms with Crippen LogP contribution in [0, 0.1) is 0 Å². The van der Waals surface area contributed by atoms with Crippen LogP contribution in [0.2, 0.25) is 0 Å². The smallest absolute Gasteiger partial charge is 0.214 e. The van der Waals surface area contributed by atoms with Gasteiger partial charge in [-0.2, -0.15) is 0 Å². The van der Waals surface area contributed by atoms with E-state index in [1.807, 2.05) is 0 Å². The molecule has 0 unspecified atom stereocenters. The summed E-state index contributed by atoms with van der Waals surface area (Å²) in [5.74, 6) is 0. The summed E-state index contributed by atoms with van der Waals surface area (Å²) >= 11 is 0. The minimum absolute atomic E-state index is 0.211. The van der Waals surface area contributed by atoms with Gasteiger partial charge in [0.25, 0.3) is 0 Å². The van der Waals surface area contributed by atoms with Crippen LogP contribution in [0.25, 0.3) is 0 Å². The standard InChI is InChI=1S/C21H32N2O2S/c1-2-23-13-10-18(11-14-23)26(24,25)22-12-9-21-19-7-3-5-16(19)15-17-6-4-8-20(17)21/h15,18,22H,2-14H2,1H3. The summed E-state index contributed by atoms with van der Waals surface area (Å²) in [6, 6.07) is 2.44. The highest BCUT2D eigenvalue weighted by atomic mass is 32.2. The number of fused-ring (bicyclic) bond motifs is 2. The van der Waals surface area contributed by atoms with Crippen molar-refractivity contribution in [2.24, 2.45) is 0 Å². The third kappa shape index (κ3) is 3.58. The van der Waals surface area contributed by atoms with Crippen LogP contribution in [-0.2, 0) is 42.1 Å². The van der Waals surface area contributed by atoms with Crippen LogP contribution in [0.5, 0.6) is 0 Å². The van der Waals surface area contributed by atoms with E-state index in [4.69, 9.17) is 0 Å². The molecule has 5 heteroatoms. The lowest BCUT2D eigenvalue weighted by atomic mass is 9.92. The molecule has 0 saturated carbocycles. The van der Waals surface area contributed by atoms with Gasteiger partial charge in [0.05, 0.1) is 5.25 Å². The highest BCUT2D eigenvalue weighted by Crippen LogP contribution is 2.35. The molecule has 1 aromatic carbocycles. The van der Waals surface area contributed by atoms with Crippen LogP contribution in [0.1, 0.15) is 60.4 Å². The minimum Gasteiger partial charge on any atom is -0.304 e. The van der Waals surface area contributed by atoms with Gasteiger partial charge in [-0.3, -0.25) is 0 Å². The molecule has 1 heterocycles. The lowest BCUT2D eigenvalue weighted by molar-refractivity contribution is 0.241. The predicted molar refractivity (Wildman–Crippen MR) is 106 cm³/mol. The molecule has 0 bridgehead atoms. The number of benzene rings is 1. The second-order valence-electron chi connectivity index (χ2n) is 8.16. The Morgan fingerprint density at radius 1 is 1.04 bits per heavy atom. The molecule has 144 valence electrons. The first-order valence-electron chi connectivity index (χ1n) is 10.4. The third-order valence-corrected chi connectivity index (χ3v) is 8.65. The average molecular weight is 377 g/mol. The molecule has 1 N–H and O–H groups in total. The summed E-state index contributed by atoms with van der Waals surface area (Å²) in [5.41, 5.74) is 7.64. The zero-order chi connectivity index (χ0) is 18.1. The van der Waals surface area contributed by atoms with Crippen LogP contribution >= 0.6 is 0 Å². The Morgan fingerprint density at radius 2 is 1.65 bits per heavy atom. The molecule has 1 saturated heterocycles. The molecule has 26 heavy (non-hydrogen) atoms. The molecule has 0 aromatic heterocycles. The van der Waals surface area contributed by atoms with Crippen LogP contribution in [-0.4, -0.2) is 44.7 Å². The Balaban J connectivity index is 1.41. The van der Waals surface area contributed by atoms with Crippen LogP contribution in [0.3, 0.4) is 0 Å².